The van der Waals surface area contributed by atoms with Crippen LogP contribution in [-0.2, 0) is 0 Å². The van der Waals surface area contributed by atoms with E-state index in [0.717, 1.165) is 44.7 Å². The Balaban J connectivity index is 1.15. The zero-order chi connectivity index (χ0) is 30.9. The first-order valence-electron chi connectivity index (χ1n) is 15.9. The van der Waals surface area contributed by atoms with E-state index in [1.165, 1.54) is 38.1 Å². The molecule has 0 aliphatic rings. The van der Waals surface area contributed by atoms with E-state index in [-0.39, 0.29) is 0 Å². The van der Waals surface area contributed by atoms with Crippen LogP contribution in [0.25, 0.3) is 88.7 Å². The minimum absolute atomic E-state index is 0.612. The van der Waals surface area contributed by atoms with Gasteiger partial charge in [0.1, 0.15) is 5.52 Å². The van der Waals surface area contributed by atoms with Crippen molar-refractivity contribution >= 4 is 54.7 Å². The molecule has 7 aromatic carbocycles. The number of oxazole rings is 1. The van der Waals surface area contributed by atoms with Gasteiger partial charge in [0.15, 0.2) is 5.58 Å². The van der Waals surface area contributed by atoms with Crippen LogP contribution in [0, 0.1) is 0 Å². The molecular weight excluding hydrogens is 574 g/mol. The summed E-state index contributed by atoms with van der Waals surface area (Å²) in [5, 5.41) is 4.89. The normalized spacial score (nSPS) is 11.8. The van der Waals surface area contributed by atoms with Crippen LogP contribution in [0.5, 0.6) is 0 Å². The number of hydrogen-bond acceptors (Lipinski definition) is 2. The molecule has 0 saturated heterocycles. The summed E-state index contributed by atoms with van der Waals surface area (Å²) in [6.07, 6.45) is 0. The van der Waals surface area contributed by atoms with Gasteiger partial charge in [0.25, 0.3) is 0 Å². The Labute approximate surface area is 270 Å². The van der Waals surface area contributed by atoms with Gasteiger partial charge >= 0.3 is 0 Å². The molecule has 0 aliphatic carbocycles. The molecule has 0 unspecified atom stereocenters. The van der Waals surface area contributed by atoms with E-state index < -0.39 is 0 Å². The van der Waals surface area contributed by atoms with Crippen LogP contribution >= 0.6 is 0 Å². The maximum Gasteiger partial charge on any atom is 0.227 e. The van der Waals surface area contributed by atoms with Gasteiger partial charge in [0, 0.05) is 44.0 Å². The summed E-state index contributed by atoms with van der Waals surface area (Å²) in [7, 11) is 0. The monoisotopic (exact) mass is 601 g/mol. The minimum atomic E-state index is 0.612. The highest BCUT2D eigenvalue weighted by Crippen LogP contribution is 2.40. The van der Waals surface area contributed by atoms with Crippen LogP contribution < -0.4 is 0 Å². The van der Waals surface area contributed by atoms with Gasteiger partial charge in [-0.3, -0.25) is 0 Å². The first-order valence-corrected chi connectivity index (χ1v) is 15.9. The predicted octanol–water partition coefficient (Wildman–Crippen LogP) is 11.4. The van der Waals surface area contributed by atoms with Crippen molar-refractivity contribution in [2.24, 2.45) is 0 Å². The molecule has 4 heteroatoms. The fourth-order valence-electron chi connectivity index (χ4n) is 7.27. The molecule has 0 saturated carbocycles. The van der Waals surface area contributed by atoms with Crippen molar-refractivity contribution < 1.29 is 4.42 Å². The van der Waals surface area contributed by atoms with Gasteiger partial charge < -0.3 is 13.6 Å². The molecule has 0 amide bonds. The fourth-order valence-corrected chi connectivity index (χ4v) is 7.27. The first kappa shape index (κ1) is 25.9. The third-order valence-electron chi connectivity index (χ3n) is 9.34. The summed E-state index contributed by atoms with van der Waals surface area (Å²) in [6.45, 7) is 0. The molecular formula is C43H27N3O. The Bertz CT molecular complexity index is 2780. The van der Waals surface area contributed by atoms with Gasteiger partial charge in [-0.25, -0.2) is 4.98 Å². The number of fused-ring (bicyclic) bond motifs is 7. The predicted molar refractivity (Wildman–Crippen MR) is 194 cm³/mol. The van der Waals surface area contributed by atoms with Crippen molar-refractivity contribution in [1.29, 1.82) is 0 Å². The second-order valence-corrected chi connectivity index (χ2v) is 12.0. The summed E-state index contributed by atoms with van der Waals surface area (Å²) in [5.74, 6) is 0.612. The number of rotatable bonds is 4. The van der Waals surface area contributed by atoms with E-state index >= 15 is 0 Å². The SMILES string of the molecule is c1ccc(-n2c3ccccc3c3ccc(-c4nc5ccc(-c6cccc7c8ccccc8n(-c8ccccc8)c67)cc5o4)cc32)cc1. The van der Waals surface area contributed by atoms with Gasteiger partial charge in [0.2, 0.25) is 5.89 Å². The minimum Gasteiger partial charge on any atom is -0.436 e. The highest BCUT2D eigenvalue weighted by molar-refractivity contribution is 6.14. The van der Waals surface area contributed by atoms with E-state index in [1.54, 1.807) is 0 Å². The van der Waals surface area contributed by atoms with Crippen molar-refractivity contribution in [2.75, 3.05) is 0 Å². The maximum absolute atomic E-state index is 6.54. The Kier molecular flexibility index (Phi) is 5.54. The van der Waals surface area contributed by atoms with Gasteiger partial charge in [-0.1, -0.05) is 103 Å². The Morgan fingerprint density at radius 2 is 1.02 bits per heavy atom. The molecule has 4 nitrogen and oxygen atoms in total. The molecule has 10 aromatic rings. The Hall–Kier alpha value is -6.39. The van der Waals surface area contributed by atoms with Crippen molar-refractivity contribution in [3.05, 3.63) is 164 Å². The summed E-state index contributed by atoms with van der Waals surface area (Å²) >= 11 is 0. The smallest absolute Gasteiger partial charge is 0.227 e. The van der Waals surface area contributed by atoms with E-state index in [0.29, 0.717) is 5.89 Å². The highest BCUT2D eigenvalue weighted by Gasteiger charge is 2.18. The van der Waals surface area contributed by atoms with E-state index in [1.807, 2.05) is 0 Å². The Morgan fingerprint density at radius 1 is 0.426 bits per heavy atom. The number of aromatic nitrogens is 3. The van der Waals surface area contributed by atoms with Crippen LogP contribution in [0.4, 0.5) is 0 Å². The largest absolute Gasteiger partial charge is 0.436 e. The second kappa shape index (κ2) is 10.1. The van der Waals surface area contributed by atoms with Crippen LogP contribution in [0.3, 0.4) is 0 Å². The van der Waals surface area contributed by atoms with Gasteiger partial charge in [-0.2, -0.15) is 0 Å². The molecule has 0 radical (unpaired) electrons. The standard InChI is InChI=1S/C43H27N3O/c1-3-12-30(13-4-1)45-38-20-9-7-16-33(38)35-24-22-29(26-40(35)45)43-44-37-25-23-28(27-41(37)47-43)32-18-11-19-36-34-17-8-10-21-39(34)46(42(32)36)31-14-5-2-6-15-31/h1-27H. The third kappa shape index (κ3) is 3.92. The average molecular weight is 602 g/mol. The molecule has 47 heavy (non-hydrogen) atoms. The molecule has 0 N–H and O–H groups in total. The fraction of sp³-hybridized carbons (Fsp3) is 0. The molecule has 0 spiro atoms. The second-order valence-electron chi connectivity index (χ2n) is 12.0. The van der Waals surface area contributed by atoms with Crippen molar-refractivity contribution in [3.8, 4) is 34.0 Å². The quantitative estimate of drug-likeness (QED) is 0.201. The number of para-hydroxylation sites is 5. The molecule has 3 aromatic heterocycles. The topological polar surface area (TPSA) is 35.9 Å². The first-order chi connectivity index (χ1) is 23.3. The third-order valence-corrected chi connectivity index (χ3v) is 9.34. The lowest BCUT2D eigenvalue weighted by atomic mass is 10.0. The van der Waals surface area contributed by atoms with Crippen LogP contribution in [0.1, 0.15) is 0 Å². The highest BCUT2D eigenvalue weighted by atomic mass is 16.3. The molecule has 0 atom stereocenters. The van der Waals surface area contributed by atoms with E-state index in [9.17, 15) is 0 Å². The van der Waals surface area contributed by atoms with Gasteiger partial charge in [0.05, 0.1) is 22.1 Å². The van der Waals surface area contributed by atoms with Crippen molar-refractivity contribution in [1.82, 2.24) is 14.1 Å². The van der Waals surface area contributed by atoms with E-state index in [4.69, 9.17) is 9.40 Å². The van der Waals surface area contributed by atoms with Crippen molar-refractivity contribution in [3.63, 3.8) is 0 Å². The lowest BCUT2D eigenvalue weighted by Gasteiger charge is -2.11. The van der Waals surface area contributed by atoms with Gasteiger partial charge in [-0.05, 0) is 66.2 Å². The van der Waals surface area contributed by atoms with Crippen LogP contribution in [-0.4, -0.2) is 14.1 Å². The number of nitrogens with zero attached hydrogens (tertiary/aromatic N) is 3. The maximum atomic E-state index is 6.54. The summed E-state index contributed by atoms with van der Waals surface area (Å²) in [5.41, 5.74) is 11.7. The zero-order valence-electron chi connectivity index (χ0n) is 25.3. The molecule has 0 bridgehead atoms. The Morgan fingerprint density at radius 3 is 1.79 bits per heavy atom. The van der Waals surface area contributed by atoms with Gasteiger partial charge in [-0.15, -0.1) is 0 Å². The summed E-state index contributed by atoms with van der Waals surface area (Å²) < 4.78 is 11.2. The molecule has 0 aliphatic heterocycles. The molecule has 3 heterocycles. The molecule has 10 rings (SSSR count). The summed E-state index contributed by atoms with van der Waals surface area (Å²) in [4.78, 5) is 4.96. The average Bonchev–Trinajstić information content (AvgIpc) is 3.82. The summed E-state index contributed by atoms with van der Waals surface area (Å²) in [6, 6.07) is 57.8. The van der Waals surface area contributed by atoms with Crippen LogP contribution in [0.15, 0.2) is 168 Å². The molecule has 0 fully saturated rings. The molecule has 220 valence electrons. The van der Waals surface area contributed by atoms with E-state index in [2.05, 4.69) is 173 Å². The van der Waals surface area contributed by atoms with Crippen molar-refractivity contribution in [2.45, 2.75) is 0 Å². The lowest BCUT2D eigenvalue weighted by Crippen LogP contribution is -1.95. The lowest BCUT2D eigenvalue weighted by molar-refractivity contribution is 0.620. The zero-order valence-corrected chi connectivity index (χ0v) is 25.3. The number of benzene rings is 7. The number of hydrogen-bond donors (Lipinski definition) is 0. The van der Waals surface area contributed by atoms with Crippen LogP contribution in [0.2, 0.25) is 0 Å².